The molecule has 31 heavy (non-hydrogen) atoms. The van der Waals surface area contributed by atoms with Crippen molar-refractivity contribution in [2.75, 3.05) is 35.7 Å². The van der Waals surface area contributed by atoms with Gasteiger partial charge in [0.2, 0.25) is 5.95 Å². The van der Waals surface area contributed by atoms with Gasteiger partial charge in [0.05, 0.1) is 41.1 Å². The third-order valence-electron chi connectivity index (χ3n) is 5.51. The number of aliphatic hydroxyl groups is 1. The number of hydrogen-bond acceptors (Lipinski definition) is 9. The lowest BCUT2D eigenvalue weighted by Crippen LogP contribution is -2.36. The number of aryl methyl sites for hydroxylation is 1. The fourth-order valence-corrected chi connectivity index (χ4v) is 5.05. The fraction of sp³-hybridized carbons (Fsp3) is 0.429. The molecule has 0 saturated carbocycles. The molecule has 10 heteroatoms. The summed E-state index contributed by atoms with van der Waals surface area (Å²) in [5.74, 6) is 2.43. The Morgan fingerprint density at radius 1 is 1.29 bits per heavy atom. The summed E-state index contributed by atoms with van der Waals surface area (Å²) < 4.78 is 17.8. The number of aliphatic hydroxyl groups excluding tert-OH is 1. The van der Waals surface area contributed by atoms with Crippen molar-refractivity contribution in [3.63, 3.8) is 0 Å². The lowest BCUT2D eigenvalue weighted by atomic mass is 10.1. The number of rotatable bonds is 5. The number of nitrogens with one attached hydrogen (secondary N) is 1. The molecule has 0 spiro atoms. The van der Waals surface area contributed by atoms with Crippen molar-refractivity contribution in [3.05, 3.63) is 36.1 Å². The Balaban J connectivity index is 1.42. The minimum atomic E-state index is -1.12. The SMILES string of the molecule is CC(C)(CO)Nc1nc(N2CC=C(c3ncc4occc4n3)CC2)nc2c1[S@](=O)CC2. The largest absolute Gasteiger partial charge is 0.461 e. The Morgan fingerprint density at radius 2 is 2.16 bits per heavy atom. The molecule has 0 aromatic carbocycles. The second-order valence-corrected chi connectivity index (χ2v) is 9.91. The van der Waals surface area contributed by atoms with Crippen molar-refractivity contribution < 1.29 is 13.7 Å². The number of hydrogen-bond donors (Lipinski definition) is 2. The number of aromatic nitrogens is 4. The van der Waals surface area contributed by atoms with Crippen LogP contribution in [0.5, 0.6) is 0 Å². The molecule has 2 N–H and O–H groups in total. The molecule has 0 amide bonds. The normalized spacial score (nSPS) is 18.9. The van der Waals surface area contributed by atoms with Crippen LogP contribution >= 0.6 is 0 Å². The minimum Gasteiger partial charge on any atom is -0.461 e. The number of anilines is 2. The summed E-state index contributed by atoms with van der Waals surface area (Å²) in [5, 5.41) is 12.9. The Bertz CT molecular complexity index is 1210. The smallest absolute Gasteiger partial charge is 0.227 e. The molecule has 0 unspecified atom stereocenters. The van der Waals surface area contributed by atoms with Gasteiger partial charge in [0.1, 0.15) is 16.2 Å². The van der Waals surface area contributed by atoms with Gasteiger partial charge in [-0.05, 0) is 25.8 Å². The van der Waals surface area contributed by atoms with Crippen LogP contribution in [0.2, 0.25) is 0 Å². The highest BCUT2D eigenvalue weighted by molar-refractivity contribution is 7.85. The molecule has 3 aromatic rings. The van der Waals surface area contributed by atoms with Crippen LogP contribution < -0.4 is 10.2 Å². The van der Waals surface area contributed by atoms with E-state index < -0.39 is 16.3 Å². The average molecular weight is 441 g/mol. The van der Waals surface area contributed by atoms with Crippen LogP contribution in [0.3, 0.4) is 0 Å². The third-order valence-corrected chi connectivity index (χ3v) is 6.97. The molecule has 5 rings (SSSR count). The van der Waals surface area contributed by atoms with E-state index in [-0.39, 0.29) is 6.61 Å². The molecule has 0 aliphatic carbocycles. The van der Waals surface area contributed by atoms with Crippen molar-refractivity contribution in [1.82, 2.24) is 19.9 Å². The van der Waals surface area contributed by atoms with Crippen molar-refractivity contribution in [2.24, 2.45) is 0 Å². The highest BCUT2D eigenvalue weighted by Crippen LogP contribution is 2.32. The Hall–Kier alpha value is -2.85. The molecule has 0 bridgehead atoms. The molecule has 0 radical (unpaired) electrons. The second kappa shape index (κ2) is 7.69. The zero-order valence-corrected chi connectivity index (χ0v) is 18.3. The highest BCUT2D eigenvalue weighted by Gasteiger charge is 2.30. The van der Waals surface area contributed by atoms with Gasteiger partial charge in [-0.15, -0.1) is 0 Å². The number of nitrogens with zero attached hydrogens (tertiary/aromatic N) is 5. The van der Waals surface area contributed by atoms with Crippen LogP contribution in [0.1, 0.15) is 31.8 Å². The van der Waals surface area contributed by atoms with Crippen LogP contribution in [0.25, 0.3) is 16.7 Å². The number of fused-ring (bicyclic) bond motifs is 2. The maximum atomic E-state index is 12.5. The first-order valence-corrected chi connectivity index (χ1v) is 11.6. The Labute approximate surface area is 182 Å². The van der Waals surface area contributed by atoms with Crippen molar-refractivity contribution >= 4 is 39.2 Å². The monoisotopic (exact) mass is 440 g/mol. The van der Waals surface area contributed by atoms with Crippen LogP contribution in [0.4, 0.5) is 11.8 Å². The number of furan rings is 1. The molecule has 162 valence electrons. The van der Waals surface area contributed by atoms with E-state index >= 15 is 0 Å². The van der Waals surface area contributed by atoms with E-state index in [0.29, 0.717) is 46.8 Å². The molecule has 0 fully saturated rings. The van der Waals surface area contributed by atoms with Crippen molar-refractivity contribution in [3.8, 4) is 0 Å². The van der Waals surface area contributed by atoms with Gasteiger partial charge < -0.3 is 19.7 Å². The molecule has 9 nitrogen and oxygen atoms in total. The van der Waals surface area contributed by atoms with Gasteiger partial charge in [-0.1, -0.05) is 6.08 Å². The summed E-state index contributed by atoms with van der Waals surface area (Å²) in [7, 11) is -1.12. The quantitative estimate of drug-likeness (QED) is 0.615. The van der Waals surface area contributed by atoms with Crippen LogP contribution in [-0.4, -0.2) is 60.2 Å². The van der Waals surface area contributed by atoms with E-state index in [2.05, 4.69) is 26.3 Å². The third kappa shape index (κ3) is 3.81. The zero-order chi connectivity index (χ0) is 21.6. The van der Waals surface area contributed by atoms with Gasteiger partial charge in [0, 0.05) is 31.3 Å². The fourth-order valence-electron chi connectivity index (χ4n) is 3.74. The Morgan fingerprint density at radius 3 is 2.94 bits per heavy atom. The topological polar surface area (TPSA) is 117 Å². The van der Waals surface area contributed by atoms with Crippen LogP contribution in [-0.2, 0) is 17.2 Å². The molecule has 0 saturated heterocycles. The Kier molecular flexibility index (Phi) is 4.98. The standard InChI is InChI=1S/C21H24N6O3S/c1-21(2,12-28)26-19-17-15(6-10-31(17)29)24-20(25-19)27-7-3-13(4-8-27)18-22-11-16-14(23-18)5-9-30-16/h3,5,9,11,28H,4,6-8,10,12H2,1-2H3,(H,24,25,26)/t31-/m1/s1. The molecule has 5 heterocycles. The molecule has 2 aliphatic heterocycles. The van der Waals surface area contributed by atoms with Crippen LogP contribution in [0.15, 0.2) is 33.9 Å². The second-order valence-electron chi connectivity index (χ2n) is 8.40. The van der Waals surface area contributed by atoms with Crippen LogP contribution in [0, 0.1) is 0 Å². The zero-order valence-electron chi connectivity index (χ0n) is 17.5. The van der Waals surface area contributed by atoms with Gasteiger partial charge in [-0.3, -0.25) is 4.21 Å². The highest BCUT2D eigenvalue weighted by atomic mass is 32.2. The molecular weight excluding hydrogens is 416 g/mol. The maximum Gasteiger partial charge on any atom is 0.227 e. The van der Waals surface area contributed by atoms with E-state index in [4.69, 9.17) is 14.4 Å². The van der Waals surface area contributed by atoms with E-state index in [9.17, 15) is 9.32 Å². The molecule has 2 aliphatic rings. The first-order valence-electron chi connectivity index (χ1n) is 10.3. The van der Waals surface area contributed by atoms with Crippen molar-refractivity contribution in [1.29, 1.82) is 0 Å². The van der Waals surface area contributed by atoms with E-state index in [0.717, 1.165) is 29.7 Å². The summed E-state index contributed by atoms with van der Waals surface area (Å²) in [4.78, 5) is 21.2. The molecular formula is C21H24N6O3S. The predicted molar refractivity (Wildman–Crippen MR) is 118 cm³/mol. The average Bonchev–Trinajstić information content (AvgIpc) is 3.39. The van der Waals surface area contributed by atoms with Gasteiger partial charge in [-0.25, -0.2) is 15.0 Å². The maximum absolute atomic E-state index is 12.5. The molecule has 3 aromatic heterocycles. The van der Waals surface area contributed by atoms with Crippen molar-refractivity contribution in [2.45, 2.75) is 37.1 Å². The summed E-state index contributed by atoms with van der Waals surface area (Å²) in [6, 6.07) is 1.83. The van der Waals surface area contributed by atoms with E-state index in [1.54, 1.807) is 12.5 Å². The van der Waals surface area contributed by atoms with E-state index in [1.807, 2.05) is 19.9 Å². The minimum absolute atomic E-state index is 0.0649. The summed E-state index contributed by atoms with van der Waals surface area (Å²) in [5.41, 5.74) is 2.80. The van der Waals surface area contributed by atoms with Gasteiger partial charge in [-0.2, -0.15) is 4.98 Å². The first-order chi connectivity index (χ1) is 14.9. The van der Waals surface area contributed by atoms with Gasteiger partial charge in [0.15, 0.2) is 11.4 Å². The summed E-state index contributed by atoms with van der Waals surface area (Å²) in [6.45, 7) is 5.05. The lowest BCUT2D eigenvalue weighted by molar-refractivity contribution is 0.233. The first kappa shape index (κ1) is 20.1. The predicted octanol–water partition coefficient (Wildman–Crippen LogP) is 2.15. The van der Waals surface area contributed by atoms with Gasteiger partial charge >= 0.3 is 0 Å². The summed E-state index contributed by atoms with van der Waals surface area (Å²) >= 11 is 0. The van der Waals surface area contributed by atoms with E-state index in [1.165, 1.54) is 0 Å². The summed E-state index contributed by atoms with van der Waals surface area (Å²) in [6.07, 6.45) is 6.85. The molecule has 1 atom stereocenters. The lowest BCUT2D eigenvalue weighted by Gasteiger charge is -2.29. The van der Waals surface area contributed by atoms with Gasteiger partial charge in [0.25, 0.3) is 0 Å².